The smallest absolute Gasteiger partial charge is 0.279 e. The number of nitrogens with one attached hydrogen (secondary N) is 3. The number of hydrogen-bond donors (Lipinski definition) is 3. The highest BCUT2D eigenvalue weighted by atomic mass is 19.1. The zero-order chi connectivity index (χ0) is 16.7. The van der Waals surface area contributed by atoms with Crippen molar-refractivity contribution in [2.45, 2.75) is 0 Å². The van der Waals surface area contributed by atoms with Crippen LogP contribution in [0.3, 0.4) is 0 Å². The van der Waals surface area contributed by atoms with Gasteiger partial charge in [0.05, 0.1) is 7.05 Å². The van der Waals surface area contributed by atoms with Crippen LogP contribution in [0.25, 0.3) is 0 Å². The quantitative estimate of drug-likeness (QED) is 0.742. The highest BCUT2D eigenvalue weighted by Crippen LogP contribution is 2.08. The summed E-state index contributed by atoms with van der Waals surface area (Å²) in [5.41, 5.74) is 1.12. The van der Waals surface area contributed by atoms with Crippen LogP contribution in [0.4, 0.5) is 15.8 Å². The molecule has 0 bridgehead atoms. The van der Waals surface area contributed by atoms with E-state index in [1.165, 1.54) is 18.2 Å². The molecule has 0 fully saturated rings. The van der Waals surface area contributed by atoms with Crippen LogP contribution in [0.15, 0.2) is 54.6 Å². The molecule has 0 saturated carbocycles. The van der Waals surface area contributed by atoms with Gasteiger partial charge in [0.1, 0.15) is 5.82 Å². The van der Waals surface area contributed by atoms with Gasteiger partial charge in [-0.3, -0.25) is 9.59 Å². The van der Waals surface area contributed by atoms with E-state index in [1.807, 2.05) is 18.2 Å². The van der Waals surface area contributed by atoms with Crippen LogP contribution < -0.4 is 15.5 Å². The number of carbonyl (C=O) groups is 2. The lowest BCUT2D eigenvalue weighted by atomic mass is 10.3. The van der Waals surface area contributed by atoms with Crippen molar-refractivity contribution in [3.8, 4) is 0 Å². The maximum absolute atomic E-state index is 13.0. The summed E-state index contributed by atoms with van der Waals surface area (Å²) in [4.78, 5) is 24.5. The first-order valence-electron chi connectivity index (χ1n) is 7.24. The van der Waals surface area contributed by atoms with E-state index in [-0.39, 0.29) is 24.9 Å². The number of hydrogen-bond acceptors (Lipinski definition) is 2. The number of benzene rings is 2. The maximum Gasteiger partial charge on any atom is 0.279 e. The van der Waals surface area contributed by atoms with Gasteiger partial charge in [0, 0.05) is 11.4 Å². The summed E-state index contributed by atoms with van der Waals surface area (Å²) in [6.07, 6.45) is 0. The Balaban J connectivity index is 1.78. The summed E-state index contributed by atoms with van der Waals surface area (Å²) in [6.45, 7) is 0.268. The molecule has 2 amide bonds. The zero-order valence-corrected chi connectivity index (χ0v) is 12.8. The van der Waals surface area contributed by atoms with Gasteiger partial charge in [-0.1, -0.05) is 24.3 Å². The van der Waals surface area contributed by atoms with Crippen molar-refractivity contribution >= 4 is 23.2 Å². The van der Waals surface area contributed by atoms with E-state index >= 15 is 0 Å². The zero-order valence-electron chi connectivity index (χ0n) is 12.8. The molecule has 0 aliphatic rings. The van der Waals surface area contributed by atoms with Crippen molar-refractivity contribution in [2.24, 2.45) is 0 Å². The second-order valence-corrected chi connectivity index (χ2v) is 5.28. The first kappa shape index (κ1) is 16.6. The van der Waals surface area contributed by atoms with Gasteiger partial charge < -0.3 is 15.5 Å². The lowest BCUT2D eigenvalue weighted by Crippen LogP contribution is -3.11. The second kappa shape index (κ2) is 8.05. The number of para-hydroxylation sites is 1. The fraction of sp³-hybridized carbons (Fsp3) is 0.176. The Hall–Kier alpha value is -2.73. The minimum atomic E-state index is -0.411. The normalized spacial score (nSPS) is 11.6. The molecule has 1 atom stereocenters. The molecule has 0 heterocycles. The third-order valence-electron chi connectivity index (χ3n) is 3.09. The summed E-state index contributed by atoms with van der Waals surface area (Å²) in [7, 11) is 1.75. The number of carbonyl (C=O) groups excluding carboxylic acids is 2. The first-order chi connectivity index (χ1) is 11.0. The average Bonchev–Trinajstić information content (AvgIpc) is 2.47. The summed E-state index contributed by atoms with van der Waals surface area (Å²) in [6, 6.07) is 14.8. The summed E-state index contributed by atoms with van der Waals surface area (Å²) in [5.74, 6) is -0.862. The standard InChI is InChI=1S/C17H18FN3O2/c1-21(11-16(22)19-14-7-3-2-4-8-14)12-17(23)20-15-9-5-6-13(18)10-15/h2-10H,11-12H2,1H3,(H,19,22)(H,20,23)/p+1. The van der Waals surface area contributed by atoms with E-state index < -0.39 is 5.82 Å². The SMILES string of the molecule is C[NH+](CC(=O)Nc1ccccc1)CC(=O)Nc1cccc(F)c1. The van der Waals surface area contributed by atoms with E-state index in [0.717, 1.165) is 10.6 Å². The van der Waals surface area contributed by atoms with Gasteiger partial charge in [-0.2, -0.15) is 0 Å². The van der Waals surface area contributed by atoms with Gasteiger partial charge in [0.25, 0.3) is 11.8 Å². The largest absolute Gasteiger partial charge is 0.322 e. The number of quaternary nitrogens is 1. The van der Waals surface area contributed by atoms with Gasteiger partial charge in [0.2, 0.25) is 0 Å². The van der Waals surface area contributed by atoms with E-state index in [2.05, 4.69) is 10.6 Å². The van der Waals surface area contributed by atoms with Gasteiger partial charge in [-0.05, 0) is 30.3 Å². The summed E-state index contributed by atoms with van der Waals surface area (Å²) < 4.78 is 13.0. The summed E-state index contributed by atoms with van der Waals surface area (Å²) in [5, 5.41) is 5.37. The number of rotatable bonds is 6. The Morgan fingerprint density at radius 1 is 0.913 bits per heavy atom. The Labute approximate surface area is 134 Å². The minimum absolute atomic E-state index is 0.110. The molecule has 2 rings (SSSR count). The molecule has 1 unspecified atom stereocenters. The molecule has 0 aromatic heterocycles. The van der Waals surface area contributed by atoms with E-state index in [1.54, 1.807) is 25.2 Å². The van der Waals surface area contributed by atoms with Crippen molar-refractivity contribution in [3.63, 3.8) is 0 Å². The van der Waals surface area contributed by atoms with Crippen LogP contribution in [-0.4, -0.2) is 32.0 Å². The molecule has 0 saturated heterocycles. The number of amides is 2. The Morgan fingerprint density at radius 2 is 1.48 bits per heavy atom. The third-order valence-corrected chi connectivity index (χ3v) is 3.09. The molecule has 0 aliphatic heterocycles. The Kier molecular flexibility index (Phi) is 5.82. The van der Waals surface area contributed by atoms with Crippen LogP contribution in [0, 0.1) is 5.82 Å². The topological polar surface area (TPSA) is 62.6 Å². The molecule has 0 aliphatic carbocycles. The Morgan fingerprint density at radius 3 is 2.09 bits per heavy atom. The molecule has 0 radical (unpaired) electrons. The van der Waals surface area contributed by atoms with E-state index in [0.29, 0.717) is 5.69 Å². The molecule has 5 nitrogen and oxygen atoms in total. The number of likely N-dealkylation sites (N-methyl/N-ethyl adjacent to an activating group) is 1. The fourth-order valence-electron chi connectivity index (χ4n) is 2.11. The third kappa shape index (κ3) is 5.88. The van der Waals surface area contributed by atoms with Crippen molar-refractivity contribution in [2.75, 3.05) is 30.8 Å². The van der Waals surface area contributed by atoms with Crippen molar-refractivity contribution in [1.29, 1.82) is 0 Å². The molecular formula is C17H19FN3O2+. The molecule has 2 aromatic carbocycles. The molecule has 120 valence electrons. The van der Waals surface area contributed by atoms with E-state index in [9.17, 15) is 14.0 Å². The molecule has 23 heavy (non-hydrogen) atoms. The monoisotopic (exact) mass is 316 g/mol. The molecule has 2 aromatic rings. The molecule has 6 heteroatoms. The van der Waals surface area contributed by atoms with Crippen molar-refractivity contribution < 1.29 is 18.9 Å². The van der Waals surface area contributed by atoms with Crippen molar-refractivity contribution in [1.82, 2.24) is 0 Å². The lowest BCUT2D eigenvalue weighted by molar-refractivity contribution is -0.862. The number of anilines is 2. The van der Waals surface area contributed by atoms with Gasteiger partial charge in [-0.25, -0.2) is 4.39 Å². The maximum atomic E-state index is 13.0. The van der Waals surface area contributed by atoms with E-state index in [4.69, 9.17) is 0 Å². The van der Waals surface area contributed by atoms with Crippen molar-refractivity contribution in [3.05, 3.63) is 60.4 Å². The highest BCUT2D eigenvalue weighted by Gasteiger charge is 2.14. The van der Waals surface area contributed by atoms with Crippen LogP contribution >= 0.6 is 0 Å². The highest BCUT2D eigenvalue weighted by molar-refractivity contribution is 5.93. The molecular weight excluding hydrogens is 297 g/mol. The Bertz CT molecular complexity index is 677. The fourth-order valence-corrected chi connectivity index (χ4v) is 2.11. The predicted octanol–water partition coefficient (Wildman–Crippen LogP) is 0.918. The predicted molar refractivity (Wildman–Crippen MR) is 86.7 cm³/mol. The van der Waals surface area contributed by atoms with Crippen LogP contribution in [0.2, 0.25) is 0 Å². The molecule has 0 spiro atoms. The van der Waals surface area contributed by atoms with Gasteiger partial charge >= 0.3 is 0 Å². The average molecular weight is 316 g/mol. The van der Waals surface area contributed by atoms with Gasteiger partial charge in [0.15, 0.2) is 13.1 Å². The second-order valence-electron chi connectivity index (χ2n) is 5.28. The van der Waals surface area contributed by atoms with Crippen LogP contribution in [-0.2, 0) is 9.59 Å². The first-order valence-corrected chi connectivity index (χ1v) is 7.24. The summed E-state index contributed by atoms with van der Waals surface area (Å²) >= 11 is 0. The number of halogens is 1. The minimum Gasteiger partial charge on any atom is -0.322 e. The molecule has 3 N–H and O–H groups in total. The van der Waals surface area contributed by atoms with Crippen LogP contribution in [0.1, 0.15) is 0 Å². The van der Waals surface area contributed by atoms with Crippen LogP contribution in [0.5, 0.6) is 0 Å². The van der Waals surface area contributed by atoms with Gasteiger partial charge in [-0.15, -0.1) is 0 Å². The lowest BCUT2D eigenvalue weighted by Gasteiger charge is -2.13.